The van der Waals surface area contributed by atoms with Crippen LogP contribution < -0.4 is 11.1 Å². The molecule has 2 aromatic carbocycles. The van der Waals surface area contributed by atoms with Gasteiger partial charge >= 0.3 is 5.97 Å². The molecule has 230 valence electrons. The third-order valence-electron chi connectivity index (χ3n) is 7.06. The highest BCUT2D eigenvalue weighted by Gasteiger charge is 2.54. The summed E-state index contributed by atoms with van der Waals surface area (Å²) in [5, 5.41) is 14.6. The van der Waals surface area contributed by atoms with Crippen molar-refractivity contribution >= 4 is 74.9 Å². The average Bonchev–Trinajstić information content (AvgIpc) is 3.69. The van der Waals surface area contributed by atoms with Crippen molar-refractivity contribution in [1.29, 1.82) is 0 Å². The number of hydrogen-bond acceptors (Lipinski definition) is 12. The molecule has 3 N–H and O–H groups in total. The number of nitrogens with one attached hydrogen (secondary N) is 1. The Kier molecular flexibility index (Phi) is 9.21. The van der Waals surface area contributed by atoms with Crippen LogP contribution in [0.15, 0.2) is 88.8 Å². The highest BCUT2D eigenvalue weighted by molar-refractivity contribution is 8.01. The monoisotopic (exact) mass is 680 g/mol. The third kappa shape index (κ3) is 6.33. The molecule has 2 atom stereocenters. The van der Waals surface area contributed by atoms with Gasteiger partial charge in [0.15, 0.2) is 11.2 Å². The summed E-state index contributed by atoms with van der Waals surface area (Å²) < 4.78 is 7.73. The second-order valence-corrected chi connectivity index (χ2v) is 13.2. The molecule has 45 heavy (non-hydrogen) atoms. The van der Waals surface area contributed by atoms with Gasteiger partial charge in [0.1, 0.15) is 17.1 Å². The Morgan fingerprint density at radius 3 is 2.44 bits per heavy atom. The number of tetrazole rings is 1. The fourth-order valence-electron chi connectivity index (χ4n) is 4.87. The molecule has 4 aromatic rings. The van der Waals surface area contributed by atoms with Crippen molar-refractivity contribution in [3.05, 3.63) is 99.7 Å². The van der Waals surface area contributed by atoms with E-state index in [2.05, 4.69) is 25.8 Å². The van der Waals surface area contributed by atoms with Crippen molar-refractivity contribution < 1.29 is 19.1 Å². The Hall–Kier alpha value is -4.18. The number of anilines is 1. The molecule has 2 aliphatic heterocycles. The molecular formula is C29H25ClN8O4S3. The first-order valence-corrected chi connectivity index (χ1v) is 16.8. The lowest BCUT2D eigenvalue weighted by molar-refractivity contribution is -0.154. The van der Waals surface area contributed by atoms with Gasteiger partial charge in [-0.3, -0.25) is 14.5 Å². The van der Waals surface area contributed by atoms with E-state index in [1.165, 1.54) is 39.3 Å². The zero-order valence-electron chi connectivity index (χ0n) is 23.6. The number of carbonyl (C=O) groups is 3. The molecule has 0 saturated carbocycles. The number of halogens is 1. The molecule has 1 fully saturated rings. The first kappa shape index (κ1) is 30.8. The van der Waals surface area contributed by atoms with Gasteiger partial charge in [-0.25, -0.2) is 14.5 Å². The van der Waals surface area contributed by atoms with E-state index in [1.54, 1.807) is 7.05 Å². The SMILES string of the molecule is Cn1nnnc1SCC1=C(C(=O)OC(c2ccccc2)c2ccccc2)N2C(=O)C(NC(=O)C(=CCl)c3cnc(N)s3)[C@@H]2SC1. The summed E-state index contributed by atoms with van der Waals surface area (Å²) in [4.78, 5) is 46.8. The number of fused-ring (bicyclic) bond motifs is 1. The van der Waals surface area contributed by atoms with E-state index in [-0.39, 0.29) is 16.4 Å². The second kappa shape index (κ2) is 13.4. The normalized spacial score (nSPS) is 18.1. The number of esters is 1. The van der Waals surface area contributed by atoms with Crippen molar-refractivity contribution in [1.82, 2.24) is 35.4 Å². The van der Waals surface area contributed by atoms with Crippen LogP contribution in [-0.2, 0) is 26.2 Å². The van der Waals surface area contributed by atoms with Crippen LogP contribution in [0.5, 0.6) is 0 Å². The Bertz CT molecular complexity index is 1760. The summed E-state index contributed by atoms with van der Waals surface area (Å²) in [6.45, 7) is 0. The van der Waals surface area contributed by atoms with Crippen LogP contribution in [0.25, 0.3) is 5.57 Å². The number of thioether (sulfide) groups is 2. The first-order valence-electron chi connectivity index (χ1n) is 13.5. The van der Waals surface area contributed by atoms with Crippen molar-refractivity contribution in [2.45, 2.75) is 22.7 Å². The molecule has 0 bridgehead atoms. The zero-order chi connectivity index (χ0) is 31.5. The van der Waals surface area contributed by atoms with E-state index < -0.39 is 35.3 Å². The maximum Gasteiger partial charge on any atom is 0.356 e. The number of aromatic nitrogens is 5. The van der Waals surface area contributed by atoms with Crippen LogP contribution in [0, 0.1) is 0 Å². The van der Waals surface area contributed by atoms with Crippen LogP contribution in [0.4, 0.5) is 5.13 Å². The molecule has 0 spiro atoms. The van der Waals surface area contributed by atoms with Gasteiger partial charge in [-0.15, -0.1) is 16.9 Å². The van der Waals surface area contributed by atoms with E-state index in [0.29, 0.717) is 27.1 Å². The maximum absolute atomic E-state index is 14.1. The number of ether oxygens (including phenoxy) is 1. The fraction of sp³-hybridized carbons (Fsp3) is 0.207. The standard InChI is InChI=1S/C29H25ClN8O4S3/c1-37-29(34-35-36-37)44-15-18-14-43-26-21(33-24(39)19(12-30)20-13-32-28(31)45-20)25(40)38(26)22(18)27(41)42-23(16-8-4-2-5-9-16)17-10-6-3-7-11-17/h2-13,21,23,26H,14-15H2,1H3,(H2,31,32)(H,33,39)/t21?,26-/m0/s1. The van der Waals surface area contributed by atoms with Crippen LogP contribution in [0.3, 0.4) is 0 Å². The average molecular weight is 681 g/mol. The predicted octanol–water partition coefficient (Wildman–Crippen LogP) is 3.61. The van der Waals surface area contributed by atoms with E-state index in [0.717, 1.165) is 28.0 Å². The molecule has 6 rings (SSSR count). The Balaban J connectivity index is 1.28. The van der Waals surface area contributed by atoms with Gasteiger partial charge in [-0.05, 0) is 27.1 Å². The number of amides is 2. The maximum atomic E-state index is 14.1. The van der Waals surface area contributed by atoms with Crippen molar-refractivity contribution in [3.8, 4) is 0 Å². The number of aryl methyl sites for hydroxylation is 1. The molecule has 4 heterocycles. The van der Waals surface area contributed by atoms with Crippen molar-refractivity contribution in [3.63, 3.8) is 0 Å². The lowest BCUT2D eigenvalue weighted by atomic mass is 10.0. The van der Waals surface area contributed by atoms with Crippen LogP contribution >= 0.6 is 46.5 Å². The summed E-state index contributed by atoms with van der Waals surface area (Å²) in [5.74, 6) is -0.890. The highest BCUT2D eigenvalue weighted by Crippen LogP contribution is 2.43. The zero-order valence-corrected chi connectivity index (χ0v) is 26.8. The van der Waals surface area contributed by atoms with E-state index in [4.69, 9.17) is 22.1 Å². The Morgan fingerprint density at radius 1 is 1.18 bits per heavy atom. The number of rotatable bonds is 10. The number of carbonyl (C=O) groups excluding carboxylic acids is 3. The summed E-state index contributed by atoms with van der Waals surface area (Å²) in [5.41, 5.74) is 9.39. The Labute approximate surface area is 275 Å². The van der Waals surface area contributed by atoms with Crippen LogP contribution in [0.2, 0.25) is 0 Å². The second-order valence-electron chi connectivity index (χ2n) is 9.88. The van der Waals surface area contributed by atoms with Gasteiger partial charge in [-0.1, -0.05) is 95.4 Å². The minimum absolute atomic E-state index is 0.135. The van der Waals surface area contributed by atoms with Gasteiger partial charge < -0.3 is 15.8 Å². The molecule has 2 aromatic heterocycles. The molecule has 0 radical (unpaired) electrons. The topological polar surface area (TPSA) is 158 Å². The molecular weight excluding hydrogens is 656 g/mol. The molecule has 1 unspecified atom stereocenters. The van der Waals surface area contributed by atoms with Gasteiger partial charge in [0, 0.05) is 30.3 Å². The fourth-order valence-corrected chi connectivity index (χ4v) is 8.19. The van der Waals surface area contributed by atoms with Crippen LogP contribution in [0.1, 0.15) is 22.1 Å². The smallest absolute Gasteiger partial charge is 0.356 e. The number of hydrogen-bond donors (Lipinski definition) is 2. The minimum Gasteiger partial charge on any atom is -0.448 e. The number of β-lactam (4-membered cyclic amide) rings is 1. The molecule has 0 aliphatic carbocycles. The highest BCUT2D eigenvalue weighted by atomic mass is 35.5. The lowest BCUT2D eigenvalue weighted by Gasteiger charge is -2.49. The summed E-state index contributed by atoms with van der Waals surface area (Å²) in [6.07, 6.45) is 0.730. The molecule has 2 amide bonds. The predicted molar refractivity (Wildman–Crippen MR) is 173 cm³/mol. The molecule has 12 nitrogen and oxygen atoms in total. The van der Waals surface area contributed by atoms with E-state index in [1.807, 2.05) is 60.7 Å². The summed E-state index contributed by atoms with van der Waals surface area (Å²) in [7, 11) is 1.72. The van der Waals surface area contributed by atoms with Gasteiger partial charge in [0.2, 0.25) is 5.16 Å². The minimum atomic E-state index is -0.890. The number of nitrogens with two attached hydrogens (primary N) is 1. The van der Waals surface area contributed by atoms with Gasteiger partial charge in [0.25, 0.3) is 11.8 Å². The summed E-state index contributed by atoms with van der Waals surface area (Å²) >= 11 is 9.86. The lowest BCUT2D eigenvalue weighted by Crippen LogP contribution is -2.70. The number of benzene rings is 2. The third-order valence-corrected chi connectivity index (χ3v) is 10.6. The van der Waals surface area contributed by atoms with Crippen molar-refractivity contribution in [2.75, 3.05) is 17.2 Å². The van der Waals surface area contributed by atoms with Crippen LogP contribution in [-0.4, -0.2) is 70.8 Å². The molecule has 1 saturated heterocycles. The number of nitrogens with zero attached hydrogens (tertiary/aromatic N) is 6. The largest absolute Gasteiger partial charge is 0.448 e. The van der Waals surface area contributed by atoms with Crippen molar-refractivity contribution in [2.24, 2.45) is 7.05 Å². The first-order chi connectivity index (χ1) is 21.9. The van der Waals surface area contributed by atoms with Gasteiger partial charge in [-0.2, -0.15) is 0 Å². The number of thiazole rings is 1. The Morgan fingerprint density at radius 2 is 1.87 bits per heavy atom. The molecule has 16 heteroatoms. The molecule has 2 aliphatic rings. The van der Waals surface area contributed by atoms with E-state index in [9.17, 15) is 14.4 Å². The summed E-state index contributed by atoms with van der Waals surface area (Å²) in [6, 6.07) is 17.9. The quantitative estimate of drug-likeness (QED) is 0.109. The number of nitrogen functional groups attached to an aromatic ring is 1. The van der Waals surface area contributed by atoms with Gasteiger partial charge in [0.05, 0.1) is 10.5 Å². The van der Waals surface area contributed by atoms with E-state index >= 15 is 0 Å².